The van der Waals surface area contributed by atoms with E-state index < -0.39 is 17.4 Å². The molecule has 0 aliphatic heterocycles. The highest BCUT2D eigenvalue weighted by Crippen LogP contribution is 2.15. The van der Waals surface area contributed by atoms with Crippen molar-refractivity contribution in [1.82, 2.24) is 9.55 Å². The van der Waals surface area contributed by atoms with Crippen LogP contribution in [0, 0.1) is 5.82 Å². The Morgan fingerprint density at radius 2 is 2.00 bits per heavy atom. The summed E-state index contributed by atoms with van der Waals surface area (Å²) >= 11 is 0. The third-order valence-corrected chi connectivity index (χ3v) is 3.26. The number of imidazole rings is 1. The molecule has 5 nitrogen and oxygen atoms in total. The van der Waals surface area contributed by atoms with Crippen LogP contribution in [0.15, 0.2) is 47.3 Å². The summed E-state index contributed by atoms with van der Waals surface area (Å²) in [5.74, 6) is -0.986. The molecule has 1 aromatic heterocycles. The van der Waals surface area contributed by atoms with Gasteiger partial charge >= 0.3 is 5.69 Å². The Morgan fingerprint density at radius 3 is 2.76 bits per heavy atom. The Hall–Kier alpha value is -2.89. The van der Waals surface area contributed by atoms with E-state index in [2.05, 4.69) is 4.98 Å². The van der Waals surface area contributed by atoms with E-state index in [1.165, 1.54) is 18.2 Å². The molecule has 0 atom stereocenters. The lowest BCUT2D eigenvalue weighted by Gasteiger charge is -2.04. The zero-order chi connectivity index (χ0) is 15.0. The highest BCUT2D eigenvalue weighted by Gasteiger charge is 2.16. The molecule has 0 spiro atoms. The van der Waals surface area contributed by atoms with Crippen LogP contribution >= 0.6 is 0 Å². The third kappa shape index (κ3) is 2.31. The topological polar surface area (TPSA) is 80.9 Å². The predicted octanol–water partition coefficient (Wildman–Crippen LogP) is 1.93. The Morgan fingerprint density at radius 1 is 1.24 bits per heavy atom. The minimum absolute atomic E-state index is 0.200. The fourth-order valence-corrected chi connectivity index (χ4v) is 2.25. The summed E-state index contributed by atoms with van der Waals surface area (Å²) in [5, 5.41) is 0. The van der Waals surface area contributed by atoms with Gasteiger partial charge in [-0.15, -0.1) is 0 Å². The number of rotatable bonds is 2. The second-order valence-corrected chi connectivity index (χ2v) is 4.70. The lowest BCUT2D eigenvalue weighted by molar-refractivity contribution is 0.0914. The molecule has 0 fully saturated rings. The molecule has 106 valence electrons. The molecule has 6 heteroatoms. The summed E-state index contributed by atoms with van der Waals surface area (Å²) in [6, 6.07) is 10.8. The van der Waals surface area contributed by atoms with Crippen molar-refractivity contribution in [2.45, 2.75) is 6.42 Å². The van der Waals surface area contributed by atoms with E-state index in [9.17, 15) is 14.0 Å². The molecule has 0 saturated carbocycles. The molecule has 3 aromatic rings. The number of hydrogen-bond donors (Lipinski definition) is 2. The van der Waals surface area contributed by atoms with Crippen LogP contribution in [-0.2, 0) is 6.42 Å². The number of anilines is 1. The Balaban J connectivity index is 2.06. The zero-order valence-corrected chi connectivity index (χ0v) is 11.0. The molecule has 1 heterocycles. The van der Waals surface area contributed by atoms with Crippen molar-refractivity contribution in [3.63, 3.8) is 0 Å². The van der Waals surface area contributed by atoms with E-state index in [1.807, 2.05) is 0 Å². The Labute approximate surface area is 118 Å². The van der Waals surface area contributed by atoms with Crippen LogP contribution in [0.2, 0.25) is 0 Å². The molecule has 0 radical (unpaired) electrons. The largest absolute Gasteiger partial charge is 0.399 e. The van der Waals surface area contributed by atoms with Gasteiger partial charge in [-0.3, -0.25) is 4.79 Å². The van der Waals surface area contributed by atoms with Crippen molar-refractivity contribution in [3.8, 4) is 0 Å². The maximum absolute atomic E-state index is 13.6. The van der Waals surface area contributed by atoms with Gasteiger partial charge in [0.25, 0.3) is 0 Å². The predicted molar refractivity (Wildman–Crippen MR) is 77.7 cm³/mol. The van der Waals surface area contributed by atoms with E-state index >= 15 is 0 Å². The standard InChI is InChI=1S/C15H12FN3O2/c16-11-4-2-1-3-9(11)7-14(20)19-13-8-10(17)5-6-12(13)18-15(19)21/h1-6,8H,7,17H2,(H,18,21). The molecular formula is C15H12FN3O2. The lowest BCUT2D eigenvalue weighted by atomic mass is 10.1. The van der Waals surface area contributed by atoms with Gasteiger partial charge in [0.05, 0.1) is 17.5 Å². The van der Waals surface area contributed by atoms with Gasteiger partial charge in [-0.25, -0.2) is 13.8 Å². The third-order valence-electron chi connectivity index (χ3n) is 3.26. The number of aromatic amines is 1. The average Bonchev–Trinajstić information content (AvgIpc) is 2.76. The lowest BCUT2D eigenvalue weighted by Crippen LogP contribution is -2.25. The molecule has 21 heavy (non-hydrogen) atoms. The van der Waals surface area contributed by atoms with Crippen LogP contribution in [0.25, 0.3) is 11.0 Å². The maximum atomic E-state index is 13.6. The van der Waals surface area contributed by atoms with Gasteiger partial charge in [0, 0.05) is 5.69 Å². The number of fused-ring (bicyclic) bond motifs is 1. The van der Waals surface area contributed by atoms with Gasteiger partial charge < -0.3 is 10.7 Å². The highest BCUT2D eigenvalue weighted by molar-refractivity contribution is 5.92. The van der Waals surface area contributed by atoms with Crippen LogP contribution in [0.5, 0.6) is 0 Å². The van der Waals surface area contributed by atoms with E-state index in [1.54, 1.807) is 24.3 Å². The molecule has 3 rings (SSSR count). The molecule has 0 unspecified atom stereocenters. The summed E-state index contributed by atoms with van der Waals surface area (Å²) in [7, 11) is 0. The summed E-state index contributed by atoms with van der Waals surface area (Å²) in [6.07, 6.45) is -0.200. The van der Waals surface area contributed by atoms with Gasteiger partial charge in [0.15, 0.2) is 0 Å². The number of nitrogen functional groups attached to an aromatic ring is 1. The second-order valence-electron chi connectivity index (χ2n) is 4.70. The number of aromatic nitrogens is 2. The number of nitrogens with one attached hydrogen (secondary N) is 1. The first-order chi connectivity index (χ1) is 10.1. The summed E-state index contributed by atoms with van der Waals surface area (Å²) < 4.78 is 14.6. The number of carbonyl (C=O) groups is 1. The fourth-order valence-electron chi connectivity index (χ4n) is 2.25. The van der Waals surface area contributed by atoms with Crippen LogP contribution in [0.1, 0.15) is 10.4 Å². The van der Waals surface area contributed by atoms with E-state index in [4.69, 9.17) is 5.73 Å². The van der Waals surface area contributed by atoms with Gasteiger partial charge in [-0.2, -0.15) is 0 Å². The molecule has 0 amide bonds. The van der Waals surface area contributed by atoms with Crippen LogP contribution in [-0.4, -0.2) is 15.5 Å². The van der Waals surface area contributed by atoms with E-state index in [0.717, 1.165) is 4.57 Å². The number of halogens is 1. The van der Waals surface area contributed by atoms with Gasteiger partial charge in [-0.05, 0) is 29.8 Å². The van der Waals surface area contributed by atoms with Gasteiger partial charge in [-0.1, -0.05) is 18.2 Å². The summed E-state index contributed by atoms with van der Waals surface area (Å²) in [5.41, 5.74) is 6.70. The zero-order valence-electron chi connectivity index (χ0n) is 11.0. The van der Waals surface area contributed by atoms with E-state index in [0.29, 0.717) is 16.7 Å². The average molecular weight is 285 g/mol. The SMILES string of the molecule is Nc1ccc2[nH]c(=O)n(C(=O)Cc3ccccc3F)c2c1. The Kier molecular flexibility index (Phi) is 3.06. The first-order valence-corrected chi connectivity index (χ1v) is 6.33. The quantitative estimate of drug-likeness (QED) is 0.706. The first-order valence-electron chi connectivity index (χ1n) is 6.33. The van der Waals surface area contributed by atoms with Crippen LogP contribution in [0.3, 0.4) is 0 Å². The smallest absolute Gasteiger partial charge is 0.333 e. The molecule has 0 aliphatic carbocycles. The summed E-state index contributed by atoms with van der Waals surface area (Å²) in [4.78, 5) is 26.8. The molecule has 0 bridgehead atoms. The number of nitrogens with two attached hydrogens (primary N) is 1. The minimum atomic E-state index is -0.558. The number of carbonyl (C=O) groups excluding carboxylic acids is 1. The first kappa shape index (κ1) is 13.1. The van der Waals surface area contributed by atoms with Crippen molar-refractivity contribution >= 4 is 22.6 Å². The monoisotopic (exact) mass is 285 g/mol. The van der Waals surface area contributed by atoms with Crippen molar-refractivity contribution < 1.29 is 9.18 Å². The Bertz CT molecular complexity index is 895. The normalized spacial score (nSPS) is 10.9. The molecule has 0 saturated heterocycles. The fraction of sp³-hybridized carbons (Fsp3) is 0.0667. The van der Waals surface area contributed by atoms with E-state index in [-0.39, 0.29) is 12.0 Å². The summed E-state index contributed by atoms with van der Waals surface area (Å²) in [6.45, 7) is 0. The maximum Gasteiger partial charge on any atom is 0.333 e. The van der Waals surface area contributed by atoms with Gasteiger partial charge in [0.1, 0.15) is 5.82 Å². The van der Waals surface area contributed by atoms with Crippen molar-refractivity contribution in [3.05, 3.63) is 64.3 Å². The second kappa shape index (κ2) is 4.90. The molecule has 3 N–H and O–H groups in total. The molecular weight excluding hydrogens is 273 g/mol. The highest BCUT2D eigenvalue weighted by atomic mass is 19.1. The van der Waals surface area contributed by atoms with Crippen LogP contribution in [0.4, 0.5) is 10.1 Å². The number of benzene rings is 2. The minimum Gasteiger partial charge on any atom is -0.399 e. The van der Waals surface area contributed by atoms with Crippen molar-refractivity contribution in [2.75, 3.05) is 5.73 Å². The molecule has 0 aliphatic rings. The van der Waals surface area contributed by atoms with Crippen molar-refractivity contribution in [1.29, 1.82) is 0 Å². The number of nitrogens with zero attached hydrogens (tertiary/aromatic N) is 1. The number of H-pyrrole nitrogens is 1. The molecule has 2 aromatic carbocycles. The van der Waals surface area contributed by atoms with Gasteiger partial charge in [0.2, 0.25) is 5.91 Å². The van der Waals surface area contributed by atoms with Crippen LogP contribution < -0.4 is 11.4 Å². The van der Waals surface area contributed by atoms with Crippen molar-refractivity contribution in [2.24, 2.45) is 0 Å². The number of hydrogen-bond acceptors (Lipinski definition) is 3.